The molecule has 27 heavy (non-hydrogen) atoms. The van der Waals surface area contributed by atoms with E-state index in [1.165, 1.54) is 19.3 Å². The highest BCUT2D eigenvalue weighted by molar-refractivity contribution is 6.03. The lowest BCUT2D eigenvalue weighted by molar-refractivity contribution is 0.0926. The molecule has 0 aliphatic carbocycles. The van der Waals surface area contributed by atoms with Gasteiger partial charge in [0.15, 0.2) is 0 Å². The maximum Gasteiger partial charge on any atom is 0.321 e. The molecule has 0 atom stereocenters. The molecular weight excluding hydrogens is 334 g/mol. The van der Waals surface area contributed by atoms with Crippen LogP contribution in [-0.4, -0.2) is 24.0 Å². The highest BCUT2D eigenvalue weighted by Crippen LogP contribution is 2.39. The van der Waals surface area contributed by atoms with Crippen LogP contribution in [0.4, 0.5) is 10.5 Å². The Bertz CT molecular complexity index is 841. The van der Waals surface area contributed by atoms with Crippen LogP contribution in [-0.2, 0) is 0 Å². The molecule has 1 aliphatic rings. The van der Waals surface area contributed by atoms with Crippen LogP contribution in [0.1, 0.15) is 57.9 Å². The first-order valence-electron chi connectivity index (χ1n) is 10.1. The Balaban J connectivity index is 1.81. The number of piperidine rings is 1. The zero-order valence-corrected chi connectivity index (χ0v) is 16.4. The Labute approximate surface area is 162 Å². The van der Waals surface area contributed by atoms with Gasteiger partial charge in [0.25, 0.3) is 0 Å². The van der Waals surface area contributed by atoms with Crippen LogP contribution in [0.5, 0.6) is 0 Å². The second-order valence-corrected chi connectivity index (χ2v) is 7.77. The molecule has 2 amide bonds. The van der Waals surface area contributed by atoms with E-state index in [1.54, 1.807) is 6.07 Å². The van der Waals surface area contributed by atoms with Crippen molar-refractivity contribution in [3.63, 3.8) is 0 Å². The summed E-state index contributed by atoms with van der Waals surface area (Å²) in [6.07, 6.45) is 6.99. The minimum atomic E-state index is -0.0267. The summed E-state index contributed by atoms with van der Waals surface area (Å²) < 4.78 is 0. The van der Waals surface area contributed by atoms with Crippen molar-refractivity contribution in [2.45, 2.75) is 52.4 Å². The number of fused-ring (bicyclic) bond motifs is 1. The largest absolute Gasteiger partial charge is 0.324 e. The fourth-order valence-electron chi connectivity index (χ4n) is 4.67. The molecule has 0 radical (unpaired) electrons. The smallest absolute Gasteiger partial charge is 0.321 e. The van der Waals surface area contributed by atoms with Gasteiger partial charge in [-0.05, 0) is 43.2 Å². The molecule has 1 aliphatic heterocycles. The molecule has 4 nitrogen and oxygen atoms in total. The average Bonchev–Trinajstić information content (AvgIpc) is 2.69. The lowest BCUT2D eigenvalue weighted by atomic mass is 9.73. The van der Waals surface area contributed by atoms with Crippen molar-refractivity contribution in [3.05, 3.63) is 42.0 Å². The molecule has 1 fully saturated rings. The van der Waals surface area contributed by atoms with Crippen LogP contribution < -0.4 is 5.32 Å². The van der Waals surface area contributed by atoms with Crippen LogP contribution >= 0.6 is 0 Å². The fourth-order valence-corrected chi connectivity index (χ4v) is 4.67. The van der Waals surface area contributed by atoms with Gasteiger partial charge in [-0.1, -0.05) is 51.0 Å². The van der Waals surface area contributed by atoms with Crippen LogP contribution in [0.15, 0.2) is 36.4 Å². The van der Waals surface area contributed by atoms with Crippen molar-refractivity contribution in [1.82, 2.24) is 4.90 Å². The maximum atomic E-state index is 13.0. The number of hydrogen-bond donors (Lipinski definition) is 1. The van der Waals surface area contributed by atoms with E-state index in [0.29, 0.717) is 5.56 Å². The van der Waals surface area contributed by atoms with Gasteiger partial charge < -0.3 is 10.2 Å². The first-order valence-corrected chi connectivity index (χ1v) is 10.1. The quantitative estimate of drug-likeness (QED) is 0.716. The molecule has 142 valence electrons. The van der Waals surface area contributed by atoms with Crippen molar-refractivity contribution >= 4 is 22.5 Å². The van der Waals surface area contributed by atoms with E-state index in [2.05, 4.69) is 25.2 Å². The van der Waals surface area contributed by atoms with Gasteiger partial charge in [0.1, 0.15) is 0 Å². The molecule has 0 bridgehead atoms. The van der Waals surface area contributed by atoms with Crippen LogP contribution in [0.25, 0.3) is 10.8 Å². The molecule has 2 aromatic carbocycles. The molecule has 1 saturated heterocycles. The standard InChI is InChI=1S/C23H29N3O/c1-3-12-23(13-4-2)14-7-15-26(17-23)22(27)25-21-11-10-18(16-24)19-8-5-6-9-20(19)21/h5-6,8-11H,3-4,7,12-15,17H2,1-2H3,(H,25,27). The monoisotopic (exact) mass is 363 g/mol. The third kappa shape index (κ3) is 4.08. The molecule has 0 spiro atoms. The molecule has 0 aromatic heterocycles. The number of benzene rings is 2. The number of nitrogens with one attached hydrogen (secondary N) is 1. The zero-order valence-electron chi connectivity index (χ0n) is 16.4. The van der Waals surface area contributed by atoms with Crippen molar-refractivity contribution < 1.29 is 4.79 Å². The summed E-state index contributed by atoms with van der Waals surface area (Å²) in [7, 11) is 0. The summed E-state index contributed by atoms with van der Waals surface area (Å²) >= 11 is 0. The van der Waals surface area contributed by atoms with Gasteiger partial charge in [-0.2, -0.15) is 5.26 Å². The summed E-state index contributed by atoms with van der Waals surface area (Å²) in [5.41, 5.74) is 1.68. The van der Waals surface area contributed by atoms with Crippen molar-refractivity contribution in [1.29, 1.82) is 5.26 Å². The number of carbonyl (C=O) groups excluding carboxylic acids is 1. The number of rotatable bonds is 5. The number of likely N-dealkylation sites (tertiary alicyclic amines) is 1. The van der Waals surface area contributed by atoms with Crippen molar-refractivity contribution in [2.75, 3.05) is 18.4 Å². The van der Waals surface area contributed by atoms with Gasteiger partial charge >= 0.3 is 6.03 Å². The lowest BCUT2D eigenvalue weighted by Crippen LogP contribution is -2.47. The van der Waals surface area contributed by atoms with E-state index in [1.807, 2.05) is 35.2 Å². The van der Waals surface area contributed by atoms with Crippen molar-refractivity contribution in [3.8, 4) is 6.07 Å². The van der Waals surface area contributed by atoms with Crippen LogP contribution in [0.2, 0.25) is 0 Å². The number of nitrogens with zero attached hydrogens (tertiary/aromatic N) is 2. The minimum Gasteiger partial charge on any atom is -0.324 e. The Morgan fingerprint density at radius 1 is 1.15 bits per heavy atom. The maximum absolute atomic E-state index is 13.0. The molecular formula is C23H29N3O. The summed E-state index contributed by atoms with van der Waals surface area (Å²) in [4.78, 5) is 15.0. The summed E-state index contributed by atoms with van der Waals surface area (Å²) in [5, 5.41) is 14.2. The highest BCUT2D eigenvalue weighted by Gasteiger charge is 2.35. The Morgan fingerprint density at radius 2 is 1.85 bits per heavy atom. The fraction of sp³-hybridized carbons (Fsp3) is 0.478. The predicted molar refractivity (Wildman–Crippen MR) is 111 cm³/mol. The number of carbonyl (C=O) groups is 1. The third-order valence-corrected chi connectivity index (χ3v) is 5.80. The second kappa shape index (κ2) is 8.43. The molecule has 2 aromatic rings. The van der Waals surface area contributed by atoms with Crippen LogP contribution in [0, 0.1) is 16.7 Å². The van der Waals surface area contributed by atoms with E-state index in [9.17, 15) is 10.1 Å². The summed E-state index contributed by atoms with van der Waals surface area (Å²) in [6, 6.07) is 13.6. The van der Waals surface area contributed by atoms with Gasteiger partial charge in [-0.15, -0.1) is 0 Å². The topological polar surface area (TPSA) is 56.1 Å². The number of hydrogen-bond acceptors (Lipinski definition) is 2. The molecule has 1 N–H and O–H groups in total. The van der Waals surface area contributed by atoms with E-state index >= 15 is 0 Å². The van der Waals surface area contributed by atoms with Crippen molar-refractivity contribution in [2.24, 2.45) is 5.41 Å². The zero-order chi connectivity index (χ0) is 19.3. The van der Waals surface area contributed by atoms with Gasteiger partial charge in [0.05, 0.1) is 17.3 Å². The molecule has 4 heteroatoms. The summed E-state index contributed by atoms with van der Waals surface area (Å²) in [6.45, 7) is 6.13. The lowest BCUT2D eigenvalue weighted by Gasteiger charge is -2.43. The second-order valence-electron chi connectivity index (χ2n) is 7.77. The first-order chi connectivity index (χ1) is 13.1. The number of amides is 2. The number of anilines is 1. The van der Waals surface area contributed by atoms with E-state index in [-0.39, 0.29) is 11.4 Å². The number of urea groups is 1. The summed E-state index contributed by atoms with van der Waals surface area (Å²) in [5.74, 6) is 0. The third-order valence-electron chi connectivity index (χ3n) is 5.80. The Morgan fingerprint density at radius 3 is 2.52 bits per heavy atom. The van der Waals surface area contributed by atoms with E-state index < -0.39 is 0 Å². The van der Waals surface area contributed by atoms with Crippen LogP contribution in [0.3, 0.4) is 0 Å². The average molecular weight is 364 g/mol. The van der Waals surface area contributed by atoms with Gasteiger partial charge in [-0.3, -0.25) is 0 Å². The normalized spacial score (nSPS) is 16.1. The molecule has 0 saturated carbocycles. The molecule has 0 unspecified atom stereocenters. The Kier molecular flexibility index (Phi) is 6.01. The molecule has 1 heterocycles. The van der Waals surface area contributed by atoms with E-state index in [0.717, 1.165) is 48.8 Å². The SMILES string of the molecule is CCCC1(CCC)CCCN(C(=O)Nc2ccc(C#N)c3ccccc23)C1. The molecule has 3 rings (SSSR count). The Hall–Kier alpha value is -2.54. The van der Waals surface area contributed by atoms with Gasteiger partial charge in [0, 0.05) is 23.9 Å². The number of nitriles is 1. The highest BCUT2D eigenvalue weighted by atomic mass is 16.2. The minimum absolute atomic E-state index is 0.0267. The first kappa shape index (κ1) is 19.2. The van der Waals surface area contributed by atoms with Gasteiger partial charge in [-0.25, -0.2) is 4.79 Å². The van der Waals surface area contributed by atoms with Gasteiger partial charge in [0.2, 0.25) is 0 Å². The predicted octanol–water partition coefficient (Wildman–Crippen LogP) is 5.93. The van der Waals surface area contributed by atoms with E-state index in [4.69, 9.17) is 0 Å².